The second kappa shape index (κ2) is 6.33. The van der Waals surface area contributed by atoms with Crippen molar-refractivity contribution in [2.45, 2.75) is 25.6 Å². The number of carbonyl (C=O) groups is 2. The van der Waals surface area contributed by atoms with Crippen LogP contribution in [0, 0.1) is 5.92 Å². The molecule has 1 fully saturated rings. The molecule has 0 spiro atoms. The smallest absolute Gasteiger partial charge is 0.306 e. The number of fused-ring (bicyclic) bond motifs is 1. The van der Waals surface area contributed by atoms with E-state index in [1.54, 1.807) is 11.8 Å². The second-order valence-electron chi connectivity index (χ2n) is 4.65. The van der Waals surface area contributed by atoms with Crippen molar-refractivity contribution in [2.75, 3.05) is 18.5 Å². The summed E-state index contributed by atoms with van der Waals surface area (Å²) in [5, 5.41) is 0.269. The topological polar surface area (TPSA) is 46.6 Å². The molecule has 104 valence electrons. The summed E-state index contributed by atoms with van der Waals surface area (Å²) in [5.41, 5.74) is 1.99. The van der Waals surface area contributed by atoms with E-state index in [0.29, 0.717) is 12.6 Å². The first-order valence-corrected chi connectivity index (χ1v) is 9.28. The van der Waals surface area contributed by atoms with E-state index in [1.807, 2.05) is 18.7 Å². The molecule has 7 heteroatoms. The fourth-order valence-corrected chi connectivity index (χ4v) is 4.19. The number of hydrogen-bond acceptors (Lipinski definition) is 5. The van der Waals surface area contributed by atoms with E-state index in [1.165, 1.54) is 0 Å². The molecule has 2 rings (SSSR count). The van der Waals surface area contributed by atoms with E-state index in [9.17, 15) is 9.59 Å². The van der Waals surface area contributed by atoms with Gasteiger partial charge in [0.05, 0.1) is 17.7 Å². The Labute approximate surface area is 123 Å². The summed E-state index contributed by atoms with van der Waals surface area (Å²) in [6, 6.07) is 0. The minimum absolute atomic E-state index is 0.107. The van der Waals surface area contributed by atoms with Gasteiger partial charge in [0.25, 0.3) is 0 Å². The highest BCUT2D eigenvalue weighted by atomic mass is 32.4. The molecule has 1 saturated heterocycles. The molecule has 2 unspecified atom stereocenters. The molecule has 19 heavy (non-hydrogen) atoms. The molecule has 4 nitrogen and oxygen atoms in total. The van der Waals surface area contributed by atoms with Gasteiger partial charge < -0.3 is 9.64 Å². The third-order valence-corrected chi connectivity index (χ3v) is 5.85. The fraction of sp³-hybridized carbons (Fsp3) is 0.667. The minimum Gasteiger partial charge on any atom is -0.461 e. The Balaban J connectivity index is 1.92. The van der Waals surface area contributed by atoms with Crippen molar-refractivity contribution in [3.05, 3.63) is 11.3 Å². The van der Waals surface area contributed by atoms with Gasteiger partial charge in [0, 0.05) is 17.6 Å². The zero-order chi connectivity index (χ0) is 14.0. The summed E-state index contributed by atoms with van der Waals surface area (Å²) >= 11 is 6.51. The number of thioether (sulfide) groups is 1. The Morgan fingerprint density at radius 2 is 2.37 bits per heavy atom. The summed E-state index contributed by atoms with van der Waals surface area (Å²) in [4.78, 5) is 25.1. The van der Waals surface area contributed by atoms with Crippen molar-refractivity contribution in [3.63, 3.8) is 0 Å². The number of amides is 1. The third-order valence-electron chi connectivity index (χ3n) is 3.43. The zero-order valence-electron chi connectivity index (χ0n) is 10.9. The molecule has 0 saturated carbocycles. The molecule has 0 aromatic carbocycles. The lowest BCUT2D eigenvalue weighted by Crippen LogP contribution is -2.58. The summed E-state index contributed by atoms with van der Waals surface area (Å²) in [6.07, 6.45) is 1.03. The van der Waals surface area contributed by atoms with Crippen molar-refractivity contribution >= 4 is 42.8 Å². The largest absolute Gasteiger partial charge is 0.461 e. The monoisotopic (exact) mass is 317 g/mol. The van der Waals surface area contributed by atoms with E-state index in [4.69, 9.17) is 16.5 Å². The molecule has 0 radical (unpaired) electrons. The van der Waals surface area contributed by atoms with Gasteiger partial charge in [-0.15, -0.1) is 11.8 Å². The van der Waals surface area contributed by atoms with Gasteiger partial charge >= 0.3 is 5.97 Å². The SMILES string of the molecule is CC1=C(COC(=O)CCP=S)CSC2C(C)C(=O)N12. The first kappa shape index (κ1) is 14.9. The van der Waals surface area contributed by atoms with E-state index in [2.05, 4.69) is 0 Å². The van der Waals surface area contributed by atoms with Gasteiger partial charge in [0.2, 0.25) is 5.91 Å². The third kappa shape index (κ3) is 3.01. The first-order valence-electron chi connectivity index (χ1n) is 6.14. The number of carbonyl (C=O) groups excluding carboxylic acids is 2. The lowest BCUT2D eigenvalue weighted by molar-refractivity contribution is -0.145. The first-order chi connectivity index (χ1) is 9.06. The minimum atomic E-state index is -0.215. The summed E-state index contributed by atoms with van der Waals surface area (Å²) in [5.74, 6) is 0.892. The standard InChI is InChI=1S/C12H16NO3PS2/c1-7-11(15)13-8(2)9(6-19-12(7)13)5-16-10(14)3-4-17-18/h7,12H,3-6H2,1-2H3. The highest BCUT2D eigenvalue weighted by molar-refractivity contribution is 8.00. The van der Waals surface area contributed by atoms with Gasteiger partial charge in [-0.05, 0) is 19.9 Å². The highest BCUT2D eigenvalue weighted by Crippen LogP contribution is 2.43. The van der Waals surface area contributed by atoms with Crippen LogP contribution in [0.1, 0.15) is 20.3 Å². The molecule has 2 aliphatic heterocycles. The molecule has 2 aliphatic rings. The van der Waals surface area contributed by atoms with Crippen molar-refractivity contribution in [3.8, 4) is 0 Å². The maximum atomic E-state index is 11.8. The van der Waals surface area contributed by atoms with E-state index in [-0.39, 0.29) is 29.8 Å². The predicted molar refractivity (Wildman–Crippen MR) is 79.7 cm³/mol. The van der Waals surface area contributed by atoms with Gasteiger partial charge in [-0.25, -0.2) is 0 Å². The Morgan fingerprint density at radius 3 is 3.05 bits per heavy atom. The zero-order valence-corrected chi connectivity index (χ0v) is 13.4. The van der Waals surface area contributed by atoms with Crippen LogP contribution in [0.3, 0.4) is 0 Å². The number of hydrogen-bond donors (Lipinski definition) is 0. The van der Waals surface area contributed by atoms with Crippen LogP contribution in [0.5, 0.6) is 0 Å². The van der Waals surface area contributed by atoms with Crippen LogP contribution >= 0.6 is 19.1 Å². The lowest BCUT2D eigenvalue weighted by Gasteiger charge is -2.49. The van der Waals surface area contributed by atoms with Crippen molar-refractivity contribution < 1.29 is 14.3 Å². The van der Waals surface area contributed by atoms with Gasteiger partial charge in [-0.1, -0.05) is 18.7 Å². The Bertz CT molecular complexity index is 452. The summed E-state index contributed by atoms with van der Waals surface area (Å²) in [7, 11) is 0.791. The molecule has 1 amide bonds. The molecule has 0 aliphatic carbocycles. The molecule has 0 bridgehead atoms. The number of β-lactam (4-membered cyclic amide) rings is 1. The Hall–Kier alpha value is -0.450. The Morgan fingerprint density at radius 1 is 1.63 bits per heavy atom. The molecular formula is C12H16NO3PS2. The molecule has 0 aromatic heterocycles. The van der Waals surface area contributed by atoms with Crippen molar-refractivity contribution in [1.29, 1.82) is 0 Å². The molecule has 2 heterocycles. The summed E-state index contributed by atoms with van der Waals surface area (Å²) < 4.78 is 5.22. The van der Waals surface area contributed by atoms with E-state index >= 15 is 0 Å². The van der Waals surface area contributed by atoms with Crippen LogP contribution in [-0.4, -0.2) is 40.7 Å². The number of ether oxygens (including phenoxy) is 1. The lowest BCUT2D eigenvalue weighted by atomic mass is 9.98. The van der Waals surface area contributed by atoms with Crippen molar-refractivity contribution in [2.24, 2.45) is 5.92 Å². The second-order valence-corrected chi connectivity index (χ2v) is 7.24. The number of allylic oxidation sites excluding steroid dienone is 1. The predicted octanol–water partition coefficient (Wildman–Crippen LogP) is 2.15. The van der Waals surface area contributed by atoms with Gasteiger partial charge in [-0.3, -0.25) is 9.59 Å². The van der Waals surface area contributed by atoms with Crippen LogP contribution in [0.4, 0.5) is 0 Å². The molecule has 0 aromatic rings. The van der Waals surface area contributed by atoms with Crippen LogP contribution in [0.25, 0.3) is 0 Å². The maximum absolute atomic E-state index is 11.8. The number of nitrogens with zero attached hydrogens (tertiary/aromatic N) is 1. The molecular weight excluding hydrogens is 301 g/mol. The van der Waals surface area contributed by atoms with E-state index in [0.717, 1.165) is 24.4 Å². The summed E-state index contributed by atoms with van der Waals surface area (Å²) in [6.45, 7) is 4.18. The van der Waals surface area contributed by atoms with Gasteiger partial charge in [0.1, 0.15) is 6.61 Å². The van der Waals surface area contributed by atoms with Crippen LogP contribution in [0.15, 0.2) is 11.3 Å². The van der Waals surface area contributed by atoms with Crippen LogP contribution in [0.2, 0.25) is 0 Å². The van der Waals surface area contributed by atoms with Crippen LogP contribution in [-0.2, 0) is 26.1 Å². The van der Waals surface area contributed by atoms with Gasteiger partial charge in [0.15, 0.2) is 0 Å². The van der Waals surface area contributed by atoms with Gasteiger partial charge in [-0.2, -0.15) is 0 Å². The quantitative estimate of drug-likeness (QED) is 0.442. The average molecular weight is 317 g/mol. The molecule has 0 N–H and O–H groups in total. The van der Waals surface area contributed by atoms with Crippen molar-refractivity contribution in [1.82, 2.24) is 4.90 Å². The van der Waals surface area contributed by atoms with E-state index < -0.39 is 0 Å². The Kier molecular flexibility index (Phi) is 4.98. The normalized spacial score (nSPS) is 26.2. The average Bonchev–Trinajstić information content (AvgIpc) is 2.42. The molecule has 2 atom stereocenters. The fourth-order valence-electron chi connectivity index (χ4n) is 2.17. The maximum Gasteiger partial charge on any atom is 0.306 e. The van der Waals surface area contributed by atoms with Crippen LogP contribution < -0.4 is 0 Å². The highest BCUT2D eigenvalue weighted by Gasteiger charge is 2.47. The number of esters is 1. The number of rotatable bonds is 5.